The summed E-state index contributed by atoms with van der Waals surface area (Å²) in [5, 5.41) is 0.313. The number of nitrogens with two attached hydrogens (primary N) is 1. The maximum atomic E-state index is 11.3. The van der Waals surface area contributed by atoms with Crippen molar-refractivity contribution in [2.75, 3.05) is 16.7 Å². The van der Waals surface area contributed by atoms with E-state index < -0.39 is 10.0 Å². The number of benzene rings is 1. The van der Waals surface area contributed by atoms with Crippen molar-refractivity contribution < 1.29 is 8.42 Å². The van der Waals surface area contributed by atoms with Gasteiger partial charge in [0.2, 0.25) is 16.0 Å². The van der Waals surface area contributed by atoms with Crippen LogP contribution in [-0.4, -0.2) is 24.6 Å². The quantitative estimate of drug-likeness (QED) is 0.904. The normalized spacial score (nSPS) is 11.3. The second-order valence-corrected chi connectivity index (χ2v) is 6.45. The number of rotatable bonds is 3. The van der Waals surface area contributed by atoms with Crippen molar-refractivity contribution >= 4 is 33.3 Å². The predicted octanol–water partition coefficient (Wildman–Crippen LogP) is 2.06. The molecule has 1 aromatic heterocycles. The Hall–Kier alpha value is -1.86. The molecule has 0 saturated carbocycles. The highest BCUT2D eigenvalue weighted by atomic mass is 35.5. The molecule has 0 spiro atoms. The summed E-state index contributed by atoms with van der Waals surface area (Å²) >= 11 is 5.98. The first-order valence-corrected chi connectivity index (χ1v) is 7.90. The average molecular weight is 313 g/mol. The second kappa shape index (κ2) is 5.26. The van der Waals surface area contributed by atoms with Gasteiger partial charge in [-0.15, -0.1) is 0 Å². The van der Waals surface area contributed by atoms with Crippen molar-refractivity contribution in [1.82, 2.24) is 9.97 Å². The van der Waals surface area contributed by atoms with Gasteiger partial charge in [0.1, 0.15) is 0 Å². The Morgan fingerprint density at radius 2 is 2.05 bits per heavy atom. The van der Waals surface area contributed by atoms with E-state index in [-0.39, 0.29) is 5.95 Å². The molecule has 6 nitrogen and oxygen atoms in total. The number of hydrogen-bond donors (Lipinski definition) is 2. The molecule has 0 atom stereocenters. The van der Waals surface area contributed by atoms with Gasteiger partial charge in [-0.3, -0.25) is 4.72 Å². The van der Waals surface area contributed by atoms with Gasteiger partial charge in [-0.25, -0.2) is 18.4 Å². The molecule has 8 heteroatoms. The van der Waals surface area contributed by atoms with Crippen LogP contribution in [0.1, 0.15) is 5.69 Å². The van der Waals surface area contributed by atoms with Crippen LogP contribution in [0.4, 0.5) is 11.6 Å². The first kappa shape index (κ1) is 14.5. The Bertz CT molecular complexity index is 762. The molecule has 0 aliphatic carbocycles. The summed E-state index contributed by atoms with van der Waals surface area (Å²) in [5.41, 5.74) is 8.02. The van der Waals surface area contributed by atoms with E-state index in [4.69, 9.17) is 17.3 Å². The van der Waals surface area contributed by atoms with E-state index in [1.165, 1.54) is 0 Å². The maximum absolute atomic E-state index is 11.3. The Morgan fingerprint density at radius 1 is 1.35 bits per heavy atom. The largest absolute Gasteiger partial charge is 0.368 e. The molecular weight excluding hydrogens is 300 g/mol. The summed E-state index contributed by atoms with van der Waals surface area (Å²) in [4.78, 5) is 8.01. The highest BCUT2D eigenvalue weighted by Gasteiger charge is 2.10. The minimum absolute atomic E-state index is 0.190. The third-order valence-electron chi connectivity index (χ3n) is 2.57. The Labute approximate surface area is 122 Å². The lowest BCUT2D eigenvalue weighted by atomic mass is 10.1. The topological polar surface area (TPSA) is 98.0 Å². The van der Waals surface area contributed by atoms with Crippen molar-refractivity contribution in [2.45, 2.75) is 6.92 Å². The van der Waals surface area contributed by atoms with E-state index in [2.05, 4.69) is 14.7 Å². The lowest BCUT2D eigenvalue weighted by Crippen LogP contribution is -2.10. The fourth-order valence-electron chi connectivity index (χ4n) is 1.74. The molecule has 2 aromatic rings. The summed E-state index contributed by atoms with van der Waals surface area (Å²) in [6, 6.07) is 5.00. The molecule has 0 aliphatic rings. The summed E-state index contributed by atoms with van der Waals surface area (Å²) in [7, 11) is -3.40. The molecule has 0 bridgehead atoms. The number of nitrogens with one attached hydrogen (secondary N) is 1. The van der Waals surface area contributed by atoms with E-state index in [1.807, 2.05) is 0 Å². The van der Waals surface area contributed by atoms with Crippen LogP contribution >= 0.6 is 11.6 Å². The van der Waals surface area contributed by atoms with Gasteiger partial charge in [0.15, 0.2) is 0 Å². The summed E-state index contributed by atoms with van der Waals surface area (Å²) < 4.78 is 25.0. The number of hydrogen-bond acceptors (Lipinski definition) is 5. The average Bonchev–Trinajstić information content (AvgIpc) is 2.30. The third-order valence-corrected chi connectivity index (χ3v) is 3.49. The zero-order valence-electron chi connectivity index (χ0n) is 10.9. The smallest absolute Gasteiger partial charge is 0.229 e. The second-order valence-electron chi connectivity index (χ2n) is 4.30. The van der Waals surface area contributed by atoms with Crippen molar-refractivity contribution in [1.29, 1.82) is 0 Å². The minimum Gasteiger partial charge on any atom is -0.368 e. The molecule has 0 saturated heterocycles. The first-order valence-electron chi connectivity index (χ1n) is 5.63. The van der Waals surface area contributed by atoms with E-state index in [0.29, 0.717) is 16.4 Å². The van der Waals surface area contributed by atoms with Crippen LogP contribution in [-0.2, 0) is 10.0 Å². The number of nitrogens with zero attached hydrogens (tertiary/aromatic N) is 2. The Kier molecular flexibility index (Phi) is 3.82. The molecule has 0 unspecified atom stereocenters. The molecule has 0 fully saturated rings. The van der Waals surface area contributed by atoms with Crippen LogP contribution in [0.25, 0.3) is 11.1 Å². The van der Waals surface area contributed by atoms with Crippen LogP contribution in [0.5, 0.6) is 0 Å². The number of anilines is 2. The number of halogens is 1. The molecular formula is C12H13ClN4O2S. The number of nitrogen functional groups attached to an aromatic ring is 1. The van der Waals surface area contributed by atoms with Crippen LogP contribution in [0.15, 0.2) is 24.4 Å². The molecule has 2 rings (SSSR count). The minimum atomic E-state index is -3.40. The lowest BCUT2D eigenvalue weighted by Gasteiger charge is -2.10. The van der Waals surface area contributed by atoms with Gasteiger partial charge in [-0.05, 0) is 24.6 Å². The van der Waals surface area contributed by atoms with Crippen LogP contribution in [0.3, 0.4) is 0 Å². The fourth-order valence-corrected chi connectivity index (χ4v) is 2.53. The maximum Gasteiger partial charge on any atom is 0.229 e. The van der Waals surface area contributed by atoms with Crippen molar-refractivity contribution in [3.05, 3.63) is 35.1 Å². The molecule has 0 aliphatic heterocycles. The SMILES string of the molecule is Cc1nc(N)ncc1-c1ccc(Cl)c(NS(C)(=O)=O)c1. The predicted molar refractivity (Wildman–Crippen MR) is 80.1 cm³/mol. The molecule has 106 valence electrons. The summed E-state index contributed by atoms with van der Waals surface area (Å²) in [5.74, 6) is 0.190. The van der Waals surface area contributed by atoms with E-state index in [9.17, 15) is 8.42 Å². The molecule has 1 heterocycles. The standard InChI is InChI=1S/C12H13ClN4O2S/c1-7-9(6-15-12(14)16-7)8-3-4-10(13)11(5-8)17-20(2,18)19/h3-6,17H,1-2H3,(H2,14,15,16). The first-order chi connectivity index (χ1) is 9.26. The lowest BCUT2D eigenvalue weighted by molar-refractivity contribution is 0.607. The Morgan fingerprint density at radius 3 is 2.65 bits per heavy atom. The fraction of sp³-hybridized carbons (Fsp3) is 0.167. The van der Waals surface area contributed by atoms with E-state index >= 15 is 0 Å². The van der Waals surface area contributed by atoms with Crippen molar-refractivity contribution in [3.8, 4) is 11.1 Å². The van der Waals surface area contributed by atoms with Gasteiger partial charge in [0.25, 0.3) is 0 Å². The van der Waals surface area contributed by atoms with Gasteiger partial charge in [-0.2, -0.15) is 0 Å². The molecule has 1 aromatic carbocycles. The van der Waals surface area contributed by atoms with Crippen LogP contribution in [0, 0.1) is 6.92 Å². The van der Waals surface area contributed by atoms with Gasteiger partial charge in [-0.1, -0.05) is 17.7 Å². The van der Waals surface area contributed by atoms with Crippen LogP contribution < -0.4 is 10.5 Å². The molecule has 3 N–H and O–H groups in total. The number of sulfonamides is 1. The van der Waals surface area contributed by atoms with E-state index in [1.54, 1.807) is 31.3 Å². The van der Waals surface area contributed by atoms with E-state index in [0.717, 1.165) is 17.4 Å². The monoisotopic (exact) mass is 312 g/mol. The highest BCUT2D eigenvalue weighted by molar-refractivity contribution is 7.92. The molecule has 20 heavy (non-hydrogen) atoms. The third kappa shape index (κ3) is 3.37. The van der Waals surface area contributed by atoms with Crippen molar-refractivity contribution in [2.24, 2.45) is 0 Å². The highest BCUT2D eigenvalue weighted by Crippen LogP contribution is 2.30. The Balaban J connectivity index is 2.51. The van der Waals surface area contributed by atoms with Gasteiger partial charge in [0, 0.05) is 11.8 Å². The molecule has 0 radical (unpaired) electrons. The zero-order chi connectivity index (χ0) is 14.9. The zero-order valence-corrected chi connectivity index (χ0v) is 12.5. The van der Waals surface area contributed by atoms with Gasteiger partial charge >= 0.3 is 0 Å². The summed E-state index contributed by atoms with van der Waals surface area (Å²) in [6.07, 6.45) is 2.65. The van der Waals surface area contributed by atoms with Crippen LogP contribution in [0.2, 0.25) is 5.02 Å². The summed E-state index contributed by atoms with van der Waals surface area (Å²) in [6.45, 7) is 1.80. The molecule has 0 amide bonds. The van der Waals surface area contributed by atoms with Gasteiger partial charge < -0.3 is 5.73 Å². The van der Waals surface area contributed by atoms with Crippen molar-refractivity contribution in [3.63, 3.8) is 0 Å². The number of aryl methyl sites for hydroxylation is 1. The van der Waals surface area contributed by atoms with Gasteiger partial charge in [0.05, 0.1) is 22.7 Å². The number of aromatic nitrogens is 2.